The van der Waals surface area contributed by atoms with Gasteiger partial charge in [0.1, 0.15) is 0 Å². The van der Waals surface area contributed by atoms with E-state index in [0.717, 1.165) is 0 Å². The zero-order valence-corrected chi connectivity index (χ0v) is 9.46. The molecular weight excluding hydrogens is 198 g/mol. The number of nitrogens with two attached hydrogens (primary N) is 1. The van der Waals surface area contributed by atoms with Crippen LogP contribution in [0, 0.1) is 0 Å². The number of hydrogen-bond acceptors (Lipinski definition) is 3. The topological polar surface area (TPSA) is 26.0 Å². The van der Waals surface area contributed by atoms with Gasteiger partial charge in [0.25, 0.3) is 0 Å². The Morgan fingerprint density at radius 3 is 3.00 bits per heavy atom. The van der Waals surface area contributed by atoms with E-state index >= 15 is 0 Å². The van der Waals surface area contributed by atoms with E-state index in [-0.39, 0.29) is 10.8 Å². The summed E-state index contributed by atoms with van der Waals surface area (Å²) in [5.74, 6) is 1.27. The number of rotatable bonds is 2. The third-order valence-corrected chi connectivity index (χ3v) is 5.12. The van der Waals surface area contributed by atoms with Crippen LogP contribution in [0.3, 0.4) is 0 Å². The number of thiophene rings is 1. The first-order valence-electron chi connectivity index (χ1n) is 4.64. The molecule has 0 aliphatic carbocycles. The largest absolute Gasteiger partial charge is 0.323 e. The maximum absolute atomic E-state index is 6.26. The summed E-state index contributed by atoms with van der Waals surface area (Å²) in [6.45, 7) is 2.30. The molecule has 1 aromatic heterocycles. The first kappa shape index (κ1) is 9.56. The van der Waals surface area contributed by atoms with Gasteiger partial charge in [-0.15, -0.1) is 0 Å². The van der Waals surface area contributed by atoms with E-state index in [9.17, 15) is 0 Å². The molecule has 0 bridgehead atoms. The normalized spacial score (nSPS) is 30.6. The van der Waals surface area contributed by atoms with Gasteiger partial charge in [0.15, 0.2) is 0 Å². The lowest BCUT2D eigenvalue weighted by Crippen LogP contribution is -2.32. The van der Waals surface area contributed by atoms with E-state index in [1.165, 1.54) is 24.2 Å². The van der Waals surface area contributed by atoms with Gasteiger partial charge >= 0.3 is 0 Å². The molecule has 0 saturated carbocycles. The van der Waals surface area contributed by atoms with Crippen LogP contribution >= 0.6 is 23.1 Å². The Morgan fingerprint density at radius 1 is 1.62 bits per heavy atom. The zero-order valence-electron chi connectivity index (χ0n) is 7.82. The van der Waals surface area contributed by atoms with Crippen molar-refractivity contribution in [3.8, 4) is 0 Å². The fourth-order valence-corrected chi connectivity index (χ4v) is 3.91. The molecule has 3 heteroatoms. The molecule has 1 saturated heterocycles. The lowest BCUT2D eigenvalue weighted by Gasteiger charge is -2.29. The number of hydrogen-bond donors (Lipinski definition) is 1. The van der Waals surface area contributed by atoms with Gasteiger partial charge in [-0.2, -0.15) is 23.1 Å². The van der Waals surface area contributed by atoms with E-state index in [2.05, 4.69) is 23.8 Å². The van der Waals surface area contributed by atoms with Crippen molar-refractivity contribution in [3.63, 3.8) is 0 Å². The summed E-state index contributed by atoms with van der Waals surface area (Å²) >= 11 is 3.77. The van der Waals surface area contributed by atoms with Gasteiger partial charge < -0.3 is 5.73 Å². The quantitative estimate of drug-likeness (QED) is 0.817. The standard InChI is InChI=1S/C10H15NS2/c1-10(4-2-5-13-10)9(11)8-3-6-12-7-8/h3,6-7,9H,2,4-5,11H2,1H3. The molecule has 0 radical (unpaired) electrons. The Bertz CT molecular complexity index is 262. The second-order valence-corrected chi connectivity index (χ2v) is 6.21. The third-order valence-electron chi connectivity index (χ3n) is 2.81. The van der Waals surface area contributed by atoms with E-state index in [0.29, 0.717) is 0 Å². The molecule has 72 valence electrons. The van der Waals surface area contributed by atoms with Crippen molar-refractivity contribution in [1.82, 2.24) is 0 Å². The van der Waals surface area contributed by atoms with Crippen LogP contribution in [-0.2, 0) is 0 Å². The molecule has 0 amide bonds. The van der Waals surface area contributed by atoms with Crippen molar-refractivity contribution < 1.29 is 0 Å². The summed E-state index contributed by atoms with van der Waals surface area (Å²) in [6, 6.07) is 2.37. The van der Waals surface area contributed by atoms with Crippen LogP contribution in [-0.4, -0.2) is 10.5 Å². The lowest BCUT2D eigenvalue weighted by molar-refractivity contribution is 0.503. The van der Waals surface area contributed by atoms with Crippen molar-refractivity contribution in [1.29, 1.82) is 0 Å². The Morgan fingerprint density at radius 2 is 2.46 bits per heavy atom. The molecule has 0 aromatic carbocycles. The first-order chi connectivity index (χ1) is 6.22. The Labute approximate surface area is 87.7 Å². The summed E-state index contributed by atoms with van der Waals surface area (Å²) in [5.41, 5.74) is 7.57. The van der Waals surface area contributed by atoms with Gasteiger partial charge in [0.2, 0.25) is 0 Å². The van der Waals surface area contributed by atoms with E-state index in [1.807, 2.05) is 11.8 Å². The minimum Gasteiger partial charge on any atom is -0.323 e. The smallest absolute Gasteiger partial charge is 0.0449 e. The maximum atomic E-state index is 6.26. The maximum Gasteiger partial charge on any atom is 0.0449 e. The van der Waals surface area contributed by atoms with E-state index in [1.54, 1.807) is 11.3 Å². The first-order valence-corrected chi connectivity index (χ1v) is 6.57. The van der Waals surface area contributed by atoms with Gasteiger partial charge in [-0.25, -0.2) is 0 Å². The van der Waals surface area contributed by atoms with Gasteiger partial charge in [-0.3, -0.25) is 0 Å². The monoisotopic (exact) mass is 213 g/mol. The van der Waals surface area contributed by atoms with Gasteiger partial charge in [0.05, 0.1) is 0 Å². The predicted molar refractivity (Wildman–Crippen MR) is 61.3 cm³/mol. The molecule has 2 unspecified atom stereocenters. The second kappa shape index (κ2) is 3.64. The van der Waals surface area contributed by atoms with Crippen LogP contribution in [0.1, 0.15) is 31.4 Å². The molecule has 0 spiro atoms. The average molecular weight is 213 g/mol. The molecule has 13 heavy (non-hydrogen) atoms. The van der Waals surface area contributed by atoms with E-state index in [4.69, 9.17) is 5.73 Å². The lowest BCUT2D eigenvalue weighted by atomic mass is 9.93. The van der Waals surface area contributed by atoms with Gasteiger partial charge in [0, 0.05) is 10.8 Å². The summed E-state index contributed by atoms with van der Waals surface area (Å²) in [5, 5.41) is 4.28. The van der Waals surface area contributed by atoms with Crippen molar-refractivity contribution in [2.75, 3.05) is 5.75 Å². The summed E-state index contributed by atoms with van der Waals surface area (Å²) < 4.78 is 0.279. The second-order valence-electron chi connectivity index (χ2n) is 3.80. The van der Waals surface area contributed by atoms with Gasteiger partial charge in [-0.1, -0.05) is 0 Å². The molecule has 1 aliphatic heterocycles. The summed E-state index contributed by atoms with van der Waals surface area (Å²) in [4.78, 5) is 0. The van der Waals surface area contributed by atoms with Crippen LogP contribution in [0.5, 0.6) is 0 Å². The Balaban J connectivity index is 2.16. The molecular formula is C10H15NS2. The molecule has 1 fully saturated rings. The summed E-state index contributed by atoms with van der Waals surface area (Å²) in [7, 11) is 0. The molecule has 2 rings (SSSR count). The fraction of sp³-hybridized carbons (Fsp3) is 0.600. The SMILES string of the molecule is CC1(C(N)c2ccsc2)CCCS1. The Hall–Kier alpha value is 0.01000. The molecule has 1 aromatic rings. The predicted octanol–water partition coefficient (Wildman–Crippen LogP) is 3.03. The van der Waals surface area contributed by atoms with Crippen LogP contribution in [0.2, 0.25) is 0 Å². The van der Waals surface area contributed by atoms with Gasteiger partial charge in [-0.05, 0) is 47.9 Å². The summed E-state index contributed by atoms with van der Waals surface area (Å²) in [6.07, 6.45) is 2.58. The van der Waals surface area contributed by atoms with Crippen molar-refractivity contribution in [2.45, 2.75) is 30.6 Å². The molecule has 2 N–H and O–H groups in total. The van der Waals surface area contributed by atoms with Crippen molar-refractivity contribution in [2.24, 2.45) is 5.73 Å². The molecule has 2 heterocycles. The molecule has 1 aliphatic rings. The minimum absolute atomic E-state index is 0.214. The molecule has 1 nitrogen and oxygen atoms in total. The van der Waals surface area contributed by atoms with Crippen LogP contribution in [0.25, 0.3) is 0 Å². The van der Waals surface area contributed by atoms with Crippen LogP contribution in [0.4, 0.5) is 0 Å². The van der Waals surface area contributed by atoms with Crippen molar-refractivity contribution >= 4 is 23.1 Å². The Kier molecular flexibility index (Phi) is 2.67. The minimum atomic E-state index is 0.214. The van der Waals surface area contributed by atoms with Crippen LogP contribution in [0.15, 0.2) is 16.8 Å². The zero-order chi connectivity index (χ0) is 9.31. The van der Waals surface area contributed by atoms with E-state index < -0.39 is 0 Å². The highest BCUT2D eigenvalue weighted by atomic mass is 32.2. The third kappa shape index (κ3) is 1.78. The molecule has 2 atom stereocenters. The fourth-order valence-electron chi connectivity index (χ4n) is 1.85. The highest BCUT2D eigenvalue weighted by Crippen LogP contribution is 2.45. The average Bonchev–Trinajstić information content (AvgIpc) is 2.73. The highest BCUT2D eigenvalue weighted by Gasteiger charge is 2.36. The highest BCUT2D eigenvalue weighted by molar-refractivity contribution is 8.00. The van der Waals surface area contributed by atoms with Crippen LogP contribution < -0.4 is 5.73 Å². The number of thioether (sulfide) groups is 1. The van der Waals surface area contributed by atoms with Crippen molar-refractivity contribution in [3.05, 3.63) is 22.4 Å².